The number of carbonyl (C=O) groups excluding carboxylic acids is 1. The van der Waals surface area contributed by atoms with Crippen molar-refractivity contribution < 1.29 is 9.21 Å². The SMILES string of the molecule is Cc1c(C(C)NC(=O)Cn2c(C)nc3ccccc3c2=O)oc2ccccc12. The molecule has 2 aromatic carbocycles. The van der Waals surface area contributed by atoms with Crippen molar-refractivity contribution in [3.05, 3.63) is 76.0 Å². The molecule has 28 heavy (non-hydrogen) atoms. The number of aryl methyl sites for hydroxylation is 2. The van der Waals surface area contributed by atoms with E-state index in [1.165, 1.54) is 4.57 Å². The van der Waals surface area contributed by atoms with Crippen LogP contribution in [0.5, 0.6) is 0 Å². The van der Waals surface area contributed by atoms with Gasteiger partial charge in [0.25, 0.3) is 5.56 Å². The van der Waals surface area contributed by atoms with E-state index in [0.29, 0.717) is 16.7 Å². The van der Waals surface area contributed by atoms with E-state index in [1.807, 2.05) is 44.2 Å². The zero-order chi connectivity index (χ0) is 19.8. The van der Waals surface area contributed by atoms with Crippen LogP contribution in [0, 0.1) is 13.8 Å². The Kier molecular flexibility index (Phi) is 4.47. The molecule has 2 aromatic heterocycles. The predicted octanol–water partition coefficient (Wildman–Crippen LogP) is 3.64. The van der Waals surface area contributed by atoms with E-state index in [4.69, 9.17) is 4.42 Å². The Morgan fingerprint density at radius 1 is 1.11 bits per heavy atom. The first-order valence-electron chi connectivity index (χ1n) is 9.19. The molecular weight excluding hydrogens is 354 g/mol. The number of para-hydroxylation sites is 2. The molecule has 2 heterocycles. The fraction of sp³-hybridized carbons (Fsp3) is 0.227. The highest BCUT2D eigenvalue weighted by molar-refractivity contribution is 5.83. The highest BCUT2D eigenvalue weighted by Gasteiger charge is 2.19. The van der Waals surface area contributed by atoms with E-state index in [0.717, 1.165) is 22.3 Å². The Morgan fingerprint density at radius 2 is 1.79 bits per heavy atom. The number of rotatable bonds is 4. The number of nitrogens with one attached hydrogen (secondary N) is 1. The summed E-state index contributed by atoms with van der Waals surface area (Å²) in [6, 6.07) is 14.6. The molecule has 0 saturated heterocycles. The minimum atomic E-state index is -0.315. The second-order valence-electron chi connectivity index (χ2n) is 6.94. The number of benzene rings is 2. The van der Waals surface area contributed by atoms with Gasteiger partial charge in [0.15, 0.2) is 0 Å². The molecule has 0 spiro atoms. The maximum absolute atomic E-state index is 12.7. The lowest BCUT2D eigenvalue weighted by Crippen LogP contribution is -2.35. The lowest BCUT2D eigenvalue weighted by molar-refractivity contribution is -0.122. The topological polar surface area (TPSA) is 77.1 Å². The molecule has 0 aliphatic rings. The number of hydrogen-bond acceptors (Lipinski definition) is 4. The van der Waals surface area contributed by atoms with Crippen LogP contribution in [0.2, 0.25) is 0 Å². The van der Waals surface area contributed by atoms with Crippen LogP contribution in [0.25, 0.3) is 21.9 Å². The largest absolute Gasteiger partial charge is 0.459 e. The van der Waals surface area contributed by atoms with Crippen LogP contribution >= 0.6 is 0 Å². The van der Waals surface area contributed by atoms with Gasteiger partial charge in [-0.3, -0.25) is 14.2 Å². The third-order valence-electron chi connectivity index (χ3n) is 5.01. The number of furan rings is 1. The maximum Gasteiger partial charge on any atom is 0.261 e. The van der Waals surface area contributed by atoms with Crippen molar-refractivity contribution in [1.29, 1.82) is 0 Å². The van der Waals surface area contributed by atoms with Gasteiger partial charge >= 0.3 is 0 Å². The standard InChI is InChI=1S/C22H21N3O3/c1-13-16-8-5-7-11-19(16)28-21(13)14(2)23-20(26)12-25-15(3)24-18-10-6-4-9-17(18)22(25)27/h4-11,14H,12H2,1-3H3,(H,23,26). The average molecular weight is 375 g/mol. The Morgan fingerprint density at radius 3 is 2.54 bits per heavy atom. The van der Waals surface area contributed by atoms with Crippen LogP contribution in [0.4, 0.5) is 0 Å². The molecule has 4 aromatic rings. The third kappa shape index (κ3) is 3.07. The summed E-state index contributed by atoms with van der Waals surface area (Å²) in [5, 5.41) is 4.46. The van der Waals surface area contributed by atoms with Crippen LogP contribution < -0.4 is 10.9 Å². The number of carbonyl (C=O) groups is 1. The Hall–Kier alpha value is -3.41. The van der Waals surface area contributed by atoms with Crippen LogP contribution in [-0.4, -0.2) is 15.5 Å². The van der Waals surface area contributed by atoms with Gasteiger partial charge in [0.05, 0.1) is 16.9 Å². The summed E-state index contributed by atoms with van der Waals surface area (Å²) >= 11 is 0. The van der Waals surface area contributed by atoms with Gasteiger partial charge in [0.2, 0.25) is 5.91 Å². The Bertz CT molecular complexity index is 1250. The number of hydrogen-bond donors (Lipinski definition) is 1. The zero-order valence-corrected chi connectivity index (χ0v) is 16.0. The third-order valence-corrected chi connectivity index (χ3v) is 5.01. The van der Waals surface area contributed by atoms with E-state index in [9.17, 15) is 9.59 Å². The van der Waals surface area contributed by atoms with Crippen molar-refractivity contribution in [3.8, 4) is 0 Å². The van der Waals surface area contributed by atoms with Gasteiger partial charge in [-0.15, -0.1) is 0 Å². The summed E-state index contributed by atoms with van der Waals surface area (Å²) in [7, 11) is 0. The first kappa shape index (κ1) is 18.0. The van der Waals surface area contributed by atoms with Gasteiger partial charge in [-0.05, 0) is 39.0 Å². The molecule has 0 radical (unpaired) electrons. The van der Waals surface area contributed by atoms with Gasteiger partial charge in [-0.1, -0.05) is 30.3 Å². The molecule has 6 nitrogen and oxygen atoms in total. The average Bonchev–Trinajstić information content (AvgIpc) is 3.02. The number of amides is 1. The van der Waals surface area contributed by atoms with Gasteiger partial charge in [0.1, 0.15) is 23.7 Å². The summed E-state index contributed by atoms with van der Waals surface area (Å²) in [4.78, 5) is 29.8. The van der Waals surface area contributed by atoms with E-state index in [2.05, 4.69) is 10.3 Å². The van der Waals surface area contributed by atoms with E-state index >= 15 is 0 Å². The highest BCUT2D eigenvalue weighted by atomic mass is 16.3. The molecule has 0 aliphatic carbocycles. The maximum atomic E-state index is 12.7. The summed E-state index contributed by atoms with van der Waals surface area (Å²) in [6.45, 7) is 5.49. The van der Waals surface area contributed by atoms with Gasteiger partial charge in [0, 0.05) is 10.9 Å². The molecule has 0 fully saturated rings. The minimum Gasteiger partial charge on any atom is -0.459 e. The van der Waals surface area contributed by atoms with Crippen LogP contribution in [-0.2, 0) is 11.3 Å². The Balaban J connectivity index is 1.58. The van der Waals surface area contributed by atoms with Crippen molar-refractivity contribution in [2.24, 2.45) is 0 Å². The number of aromatic nitrogens is 2. The number of nitrogens with zero attached hydrogens (tertiary/aromatic N) is 2. The normalized spacial score (nSPS) is 12.4. The molecule has 0 saturated carbocycles. The van der Waals surface area contributed by atoms with E-state index in [1.54, 1.807) is 25.1 Å². The summed E-state index contributed by atoms with van der Waals surface area (Å²) in [6.07, 6.45) is 0. The molecule has 0 aliphatic heterocycles. The van der Waals surface area contributed by atoms with Crippen LogP contribution in [0.1, 0.15) is 30.1 Å². The second-order valence-corrected chi connectivity index (χ2v) is 6.94. The van der Waals surface area contributed by atoms with Crippen molar-refractivity contribution >= 4 is 27.8 Å². The van der Waals surface area contributed by atoms with E-state index in [-0.39, 0.29) is 24.1 Å². The molecule has 0 bridgehead atoms. The van der Waals surface area contributed by atoms with Gasteiger partial charge in [-0.2, -0.15) is 0 Å². The fourth-order valence-corrected chi connectivity index (χ4v) is 3.57. The molecule has 1 amide bonds. The van der Waals surface area contributed by atoms with Crippen LogP contribution in [0.3, 0.4) is 0 Å². The quantitative estimate of drug-likeness (QED) is 0.591. The molecular formula is C22H21N3O3. The predicted molar refractivity (Wildman–Crippen MR) is 108 cm³/mol. The first-order valence-corrected chi connectivity index (χ1v) is 9.19. The summed E-state index contributed by atoms with van der Waals surface area (Å²) < 4.78 is 7.32. The highest BCUT2D eigenvalue weighted by Crippen LogP contribution is 2.29. The molecule has 1 atom stereocenters. The monoisotopic (exact) mass is 375 g/mol. The number of fused-ring (bicyclic) bond motifs is 2. The van der Waals surface area contributed by atoms with Crippen molar-refractivity contribution in [3.63, 3.8) is 0 Å². The minimum absolute atomic E-state index is 0.0912. The fourth-order valence-electron chi connectivity index (χ4n) is 3.57. The van der Waals surface area contributed by atoms with Crippen molar-refractivity contribution in [1.82, 2.24) is 14.9 Å². The summed E-state index contributed by atoms with van der Waals surface area (Å²) in [5.41, 5.74) is 2.21. The second kappa shape index (κ2) is 6.96. The summed E-state index contributed by atoms with van der Waals surface area (Å²) in [5.74, 6) is 0.955. The van der Waals surface area contributed by atoms with Crippen molar-refractivity contribution in [2.75, 3.05) is 0 Å². The van der Waals surface area contributed by atoms with Crippen LogP contribution in [0.15, 0.2) is 57.7 Å². The molecule has 4 rings (SSSR count). The van der Waals surface area contributed by atoms with Crippen molar-refractivity contribution in [2.45, 2.75) is 33.4 Å². The Labute approximate surface area is 161 Å². The molecule has 1 N–H and O–H groups in total. The lowest BCUT2D eigenvalue weighted by atomic mass is 10.1. The first-order chi connectivity index (χ1) is 13.5. The smallest absolute Gasteiger partial charge is 0.261 e. The lowest BCUT2D eigenvalue weighted by Gasteiger charge is -2.15. The molecule has 1 unspecified atom stereocenters. The van der Waals surface area contributed by atoms with Gasteiger partial charge in [-0.25, -0.2) is 4.98 Å². The molecule has 142 valence electrons. The van der Waals surface area contributed by atoms with E-state index < -0.39 is 0 Å². The van der Waals surface area contributed by atoms with Gasteiger partial charge < -0.3 is 9.73 Å². The molecule has 6 heteroatoms. The zero-order valence-electron chi connectivity index (χ0n) is 16.0.